The number of pyridine rings is 1. The lowest BCUT2D eigenvalue weighted by Gasteiger charge is -2.02. The van der Waals surface area contributed by atoms with E-state index < -0.39 is 0 Å². The summed E-state index contributed by atoms with van der Waals surface area (Å²) in [5, 5.41) is 0.681. The van der Waals surface area contributed by atoms with E-state index in [2.05, 4.69) is 4.98 Å². The molecule has 0 amide bonds. The predicted molar refractivity (Wildman–Crippen MR) is 50.8 cm³/mol. The lowest BCUT2D eigenvalue weighted by atomic mass is 10.4. The molecule has 0 N–H and O–H groups in total. The van der Waals surface area contributed by atoms with Gasteiger partial charge in [0.25, 0.3) is 0 Å². The van der Waals surface area contributed by atoms with Gasteiger partial charge in [0.1, 0.15) is 0 Å². The van der Waals surface area contributed by atoms with Gasteiger partial charge < -0.3 is 9.47 Å². The van der Waals surface area contributed by atoms with Gasteiger partial charge in [-0.1, -0.05) is 11.6 Å². The Morgan fingerprint density at radius 3 is 3.00 bits per heavy atom. The van der Waals surface area contributed by atoms with Gasteiger partial charge in [-0.05, 0) is 12.1 Å². The quantitative estimate of drug-likeness (QED) is 0.682. The van der Waals surface area contributed by atoms with E-state index in [9.17, 15) is 0 Å². The van der Waals surface area contributed by atoms with E-state index in [-0.39, 0.29) is 0 Å². The SMILES string of the molecule is COCCOCc1cc(Cl)ccn1. The number of hydrogen-bond acceptors (Lipinski definition) is 3. The van der Waals surface area contributed by atoms with Crippen molar-refractivity contribution in [1.29, 1.82) is 0 Å². The van der Waals surface area contributed by atoms with Gasteiger partial charge in [0.05, 0.1) is 25.5 Å². The van der Waals surface area contributed by atoms with Crippen molar-refractivity contribution >= 4 is 11.6 Å². The Morgan fingerprint density at radius 2 is 2.31 bits per heavy atom. The topological polar surface area (TPSA) is 31.4 Å². The highest BCUT2D eigenvalue weighted by molar-refractivity contribution is 6.30. The summed E-state index contributed by atoms with van der Waals surface area (Å²) >= 11 is 5.76. The summed E-state index contributed by atoms with van der Waals surface area (Å²) in [6, 6.07) is 3.52. The first-order valence-electron chi connectivity index (χ1n) is 4.00. The zero-order chi connectivity index (χ0) is 9.52. The molecule has 0 aliphatic carbocycles. The van der Waals surface area contributed by atoms with Crippen LogP contribution in [0.3, 0.4) is 0 Å². The van der Waals surface area contributed by atoms with Crippen LogP contribution in [-0.2, 0) is 16.1 Å². The second kappa shape index (κ2) is 5.91. The highest BCUT2D eigenvalue weighted by Gasteiger charge is 1.95. The maximum atomic E-state index is 5.76. The summed E-state index contributed by atoms with van der Waals surface area (Å²) in [5.74, 6) is 0. The van der Waals surface area contributed by atoms with Gasteiger partial charge in [-0.15, -0.1) is 0 Å². The molecule has 0 saturated heterocycles. The zero-order valence-electron chi connectivity index (χ0n) is 7.50. The molecule has 0 spiro atoms. The highest BCUT2D eigenvalue weighted by atomic mass is 35.5. The van der Waals surface area contributed by atoms with Crippen molar-refractivity contribution in [2.45, 2.75) is 6.61 Å². The molecule has 0 fully saturated rings. The maximum Gasteiger partial charge on any atom is 0.0889 e. The molecule has 0 aromatic carbocycles. The minimum absolute atomic E-state index is 0.476. The molecule has 1 aromatic heterocycles. The van der Waals surface area contributed by atoms with Gasteiger partial charge in [-0.2, -0.15) is 0 Å². The fourth-order valence-corrected chi connectivity index (χ4v) is 1.03. The van der Waals surface area contributed by atoms with E-state index in [0.29, 0.717) is 24.8 Å². The molecular formula is C9H12ClNO2. The third-order valence-electron chi connectivity index (χ3n) is 1.46. The van der Waals surface area contributed by atoms with E-state index in [1.54, 1.807) is 25.4 Å². The van der Waals surface area contributed by atoms with E-state index in [1.165, 1.54) is 0 Å². The Hall–Kier alpha value is -0.640. The summed E-state index contributed by atoms with van der Waals surface area (Å²) in [5.41, 5.74) is 0.837. The average Bonchev–Trinajstić information content (AvgIpc) is 2.13. The molecular weight excluding hydrogens is 190 g/mol. The molecule has 1 aromatic rings. The number of ether oxygens (including phenoxy) is 2. The van der Waals surface area contributed by atoms with Crippen LogP contribution in [0.2, 0.25) is 5.02 Å². The Morgan fingerprint density at radius 1 is 1.46 bits per heavy atom. The molecule has 72 valence electrons. The van der Waals surface area contributed by atoms with Gasteiger partial charge in [0.15, 0.2) is 0 Å². The maximum absolute atomic E-state index is 5.76. The molecule has 4 heteroatoms. The molecule has 1 rings (SSSR count). The first-order valence-corrected chi connectivity index (χ1v) is 4.38. The summed E-state index contributed by atoms with van der Waals surface area (Å²) < 4.78 is 10.1. The summed E-state index contributed by atoms with van der Waals surface area (Å²) in [4.78, 5) is 4.09. The van der Waals surface area contributed by atoms with Crippen LogP contribution in [0.15, 0.2) is 18.3 Å². The van der Waals surface area contributed by atoms with E-state index >= 15 is 0 Å². The van der Waals surface area contributed by atoms with Crippen molar-refractivity contribution in [3.8, 4) is 0 Å². The fourth-order valence-electron chi connectivity index (χ4n) is 0.847. The second-order valence-electron chi connectivity index (χ2n) is 2.51. The Bertz CT molecular complexity index is 255. The number of rotatable bonds is 5. The van der Waals surface area contributed by atoms with E-state index in [4.69, 9.17) is 21.1 Å². The Balaban J connectivity index is 2.28. The summed E-state index contributed by atoms with van der Waals surface area (Å²) in [7, 11) is 1.64. The van der Waals surface area contributed by atoms with Crippen molar-refractivity contribution in [2.75, 3.05) is 20.3 Å². The largest absolute Gasteiger partial charge is 0.382 e. The summed E-state index contributed by atoms with van der Waals surface area (Å²) in [6.07, 6.45) is 1.66. The predicted octanol–water partition coefficient (Wildman–Crippen LogP) is 1.90. The first kappa shape index (κ1) is 10.4. The third-order valence-corrected chi connectivity index (χ3v) is 1.70. The molecule has 3 nitrogen and oxygen atoms in total. The van der Waals surface area contributed by atoms with Crippen LogP contribution < -0.4 is 0 Å². The molecule has 0 saturated carbocycles. The van der Waals surface area contributed by atoms with Crippen LogP contribution in [0, 0.1) is 0 Å². The molecule has 0 aliphatic heterocycles. The molecule has 13 heavy (non-hydrogen) atoms. The summed E-state index contributed by atoms with van der Waals surface area (Å²) in [6.45, 7) is 1.65. The lowest BCUT2D eigenvalue weighted by molar-refractivity contribution is 0.0602. The highest BCUT2D eigenvalue weighted by Crippen LogP contribution is 2.08. The Kier molecular flexibility index (Phi) is 4.75. The fraction of sp³-hybridized carbons (Fsp3) is 0.444. The molecule has 0 radical (unpaired) electrons. The van der Waals surface area contributed by atoms with Gasteiger partial charge in [0, 0.05) is 18.3 Å². The van der Waals surface area contributed by atoms with Crippen molar-refractivity contribution in [3.05, 3.63) is 29.0 Å². The van der Waals surface area contributed by atoms with Crippen LogP contribution >= 0.6 is 11.6 Å². The van der Waals surface area contributed by atoms with Crippen molar-refractivity contribution < 1.29 is 9.47 Å². The lowest BCUT2D eigenvalue weighted by Crippen LogP contribution is -2.02. The minimum Gasteiger partial charge on any atom is -0.382 e. The molecule has 1 heterocycles. The smallest absolute Gasteiger partial charge is 0.0889 e. The van der Waals surface area contributed by atoms with Gasteiger partial charge in [-0.25, -0.2) is 0 Å². The van der Waals surface area contributed by atoms with Crippen molar-refractivity contribution in [2.24, 2.45) is 0 Å². The number of halogens is 1. The first-order chi connectivity index (χ1) is 6.33. The van der Waals surface area contributed by atoms with Crippen LogP contribution in [0.5, 0.6) is 0 Å². The average molecular weight is 202 g/mol. The van der Waals surface area contributed by atoms with Gasteiger partial charge in [-0.3, -0.25) is 4.98 Å². The minimum atomic E-state index is 0.476. The third kappa shape index (κ3) is 4.22. The van der Waals surface area contributed by atoms with Gasteiger partial charge in [0.2, 0.25) is 0 Å². The molecule has 0 bridgehead atoms. The second-order valence-corrected chi connectivity index (χ2v) is 2.95. The van der Waals surface area contributed by atoms with Crippen LogP contribution in [0.4, 0.5) is 0 Å². The molecule has 0 unspecified atom stereocenters. The number of nitrogens with zero attached hydrogens (tertiary/aromatic N) is 1. The number of methoxy groups -OCH3 is 1. The normalized spacial score (nSPS) is 10.3. The monoisotopic (exact) mass is 201 g/mol. The zero-order valence-corrected chi connectivity index (χ0v) is 8.25. The van der Waals surface area contributed by atoms with Crippen LogP contribution in [-0.4, -0.2) is 25.3 Å². The van der Waals surface area contributed by atoms with Crippen molar-refractivity contribution in [1.82, 2.24) is 4.98 Å². The van der Waals surface area contributed by atoms with Crippen LogP contribution in [0.1, 0.15) is 5.69 Å². The van der Waals surface area contributed by atoms with E-state index in [0.717, 1.165) is 5.69 Å². The van der Waals surface area contributed by atoms with Gasteiger partial charge >= 0.3 is 0 Å². The number of aromatic nitrogens is 1. The van der Waals surface area contributed by atoms with Crippen molar-refractivity contribution in [3.63, 3.8) is 0 Å². The van der Waals surface area contributed by atoms with Crippen LogP contribution in [0.25, 0.3) is 0 Å². The standard InChI is InChI=1S/C9H12ClNO2/c1-12-4-5-13-7-9-6-8(10)2-3-11-9/h2-3,6H,4-5,7H2,1H3. The molecule has 0 atom stereocenters. The van der Waals surface area contributed by atoms with E-state index in [1.807, 2.05) is 0 Å². The molecule has 0 aliphatic rings. The number of hydrogen-bond donors (Lipinski definition) is 0. The Labute approximate surface area is 82.6 Å².